The highest BCUT2D eigenvalue weighted by Gasteiger charge is 1.84. The highest BCUT2D eigenvalue weighted by atomic mass is 32.3. The molecule has 70 valence electrons. The molecule has 0 atom stereocenters. The number of rotatable bonds is 1. The van der Waals surface area contributed by atoms with E-state index in [1.54, 1.807) is 0 Å². The zero-order valence-corrected chi connectivity index (χ0v) is 6.28. The molecule has 0 aliphatic carbocycles. The molecule has 0 amide bonds. The van der Waals surface area contributed by atoms with Gasteiger partial charge in [0.15, 0.2) is 0 Å². The van der Waals surface area contributed by atoms with E-state index in [0.717, 1.165) is 0 Å². The van der Waals surface area contributed by atoms with E-state index in [1.165, 1.54) is 0 Å². The molecule has 0 rings (SSSR count). The van der Waals surface area contributed by atoms with Crippen LogP contribution >= 0.6 is 0 Å². The van der Waals surface area contributed by atoms with Crippen LogP contribution in [0.1, 0.15) is 0 Å². The van der Waals surface area contributed by atoms with Gasteiger partial charge in [-0.05, 0) is 0 Å². The Balaban J connectivity index is -0.000000107. The fourth-order valence-electron chi connectivity index (χ4n) is 0. The number of carboxylic acid groups (broad SMARTS) is 1. The standard InChI is InChI=1S/C2H5NO2.H3N.H2O4S/c3-1-2(4)5;;1-5(2,3)4/h1,3H2,(H,4,5);1H3;(H2,1,2,3,4). The van der Waals surface area contributed by atoms with Gasteiger partial charge in [0.25, 0.3) is 0 Å². The second-order valence-electron chi connectivity index (χ2n) is 1.05. The first-order valence-corrected chi connectivity index (χ1v) is 3.28. The molecule has 8 N–H and O–H groups in total. The molecule has 11 heavy (non-hydrogen) atoms. The fourth-order valence-corrected chi connectivity index (χ4v) is 0. The molecule has 0 aromatic heterocycles. The zero-order chi connectivity index (χ0) is 8.78. The SMILES string of the molecule is N.NCC(=O)O.O=S(=O)(O)O. The smallest absolute Gasteiger partial charge is 0.394 e. The van der Waals surface area contributed by atoms with Crippen molar-refractivity contribution in [3.05, 3.63) is 0 Å². The van der Waals surface area contributed by atoms with Crippen molar-refractivity contribution >= 4 is 16.4 Å². The molecule has 0 radical (unpaired) electrons. The summed E-state index contributed by atoms with van der Waals surface area (Å²) < 4.78 is 31.6. The molecule has 0 saturated heterocycles. The van der Waals surface area contributed by atoms with Crippen LogP contribution in [0.15, 0.2) is 0 Å². The molecule has 0 saturated carbocycles. The monoisotopic (exact) mass is 190 g/mol. The van der Waals surface area contributed by atoms with Gasteiger partial charge in [-0.15, -0.1) is 0 Å². The minimum absolute atomic E-state index is 0. The molecule has 0 bridgehead atoms. The lowest BCUT2D eigenvalue weighted by molar-refractivity contribution is -0.135. The number of hydrogen-bond donors (Lipinski definition) is 5. The van der Waals surface area contributed by atoms with E-state index in [0.29, 0.717) is 0 Å². The molecule has 0 aliphatic rings. The fraction of sp³-hybridized carbons (Fsp3) is 0.500. The Bertz CT molecular complexity index is 177. The third-order valence-electron chi connectivity index (χ3n) is 0.175. The number of carbonyl (C=O) groups is 1. The quantitative estimate of drug-likeness (QED) is 0.312. The van der Waals surface area contributed by atoms with Crippen LogP contribution in [-0.2, 0) is 15.2 Å². The largest absolute Gasteiger partial charge is 0.480 e. The van der Waals surface area contributed by atoms with Crippen LogP contribution < -0.4 is 11.9 Å². The summed E-state index contributed by atoms with van der Waals surface area (Å²) in [5, 5.41) is 7.60. The Morgan fingerprint density at radius 3 is 1.45 bits per heavy atom. The summed E-state index contributed by atoms with van der Waals surface area (Å²) >= 11 is 0. The third kappa shape index (κ3) is 307. The van der Waals surface area contributed by atoms with Crippen LogP contribution in [-0.4, -0.2) is 35.1 Å². The number of aliphatic carboxylic acids is 1. The van der Waals surface area contributed by atoms with Crippen LogP contribution in [0, 0.1) is 0 Å². The first-order valence-electron chi connectivity index (χ1n) is 1.89. The molecule has 0 aliphatic heterocycles. The molecule has 0 spiro atoms. The van der Waals surface area contributed by atoms with Gasteiger partial charge in [-0.3, -0.25) is 13.9 Å². The summed E-state index contributed by atoms with van der Waals surface area (Å²) in [6, 6.07) is 0. The van der Waals surface area contributed by atoms with E-state index >= 15 is 0 Å². The summed E-state index contributed by atoms with van der Waals surface area (Å²) in [4.78, 5) is 9.24. The van der Waals surface area contributed by atoms with Crippen LogP contribution in [0.2, 0.25) is 0 Å². The highest BCUT2D eigenvalue weighted by molar-refractivity contribution is 7.79. The van der Waals surface area contributed by atoms with Gasteiger partial charge < -0.3 is 17.0 Å². The topological polar surface area (TPSA) is 173 Å². The number of nitrogens with two attached hydrogens (primary N) is 1. The minimum Gasteiger partial charge on any atom is -0.480 e. The lowest BCUT2D eigenvalue weighted by atomic mass is 10.7. The molecular weight excluding hydrogens is 180 g/mol. The molecule has 0 heterocycles. The van der Waals surface area contributed by atoms with Crippen LogP contribution in [0.25, 0.3) is 0 Å². The molecule has 0 fully saturated rings. The van der Waals surface area contributed by atoms with E-state index < -0.39 is 16.4 Å². The Hall–Kier alpha value is -0.740. The van der Waals surface area contributed by atoms with E-state index in [1.807, 2.05) is 0 Å². The summed E-state index contributed by atoms with van der Waals surface area (Å²) in [7, 11) is -4.67. The Morgan fingerprint density at radius 1 is 1.36 bits per heavy atom. The van der Waals surface area contributed by atoms with Gasteiger partial charge in [-0.2, -0.15) is 8.42 Å². The maximum Gasteiger partial charge on any atom is 0.394 e. The van der Waals surface area contributed by atoms with Gasteiger partial charge in [0, 0.05) is 0 Å². The van der Waals surface area contributed by atoms with Crippen molar-refractivity contribution in [2.45, 2.75) is 0 Å². The maximum atomic E-state index is 9.24. The molecule has 0 aromatic rings. The second-order valence-corrected chi connectivity index (χ2v) is 1.94. The molecule has 0 aromatic carbocycles. The van der Waals surface area contributed by atoms with Crippen molar-refractivity contribution in [1.82, 2.24) is 6.15 Å². The lowest BCUT2D eigenvalue weighted by Crippen LogP contribution is -2.10. The van der Waals surface area contributed by atoms with Gasteiger partial charge in [-0.1, -0.05) is 0 Å². The molecule has 9 heteroatoms. The van der Waals surface area contributed by atoms with E-state index in [-0.39, 0.29) is 12.7 Å². The Labute approximate surface area is 63.2 Å². The highest BCUT2D eigenvalue weighted by Crippen LogP contribution is 1.59. The average molecular weight is 190 g/mol. The van der Waals surface area contributed by atoms with E-state index in [9.17, 15) is 4.79 Å². The van der Waals surface area contributed by atoms with Crippen molar-refractivity contribution < 1.29 is 27.4 Å². The van der Waals surface area contributed by atoms with Gasteiger partial charge in [0.05, 0.1) is 6.54 Å². The molecule has 0 unspecified atom stereocenters. The normalized spacial score (nSPS) is 8.64. The average Bonchev–Trinajstić information content (AvgIpc) is 1.61. The summed E-state index contributed by atoms with van der Waals surface area (Å²) in [6.07, 6.45) is 0. The number of hydrogen-bond acceptors (Lipinski definition) is 5. The zero-order valence-electron chi connectivity index (χ0n) is 5.47. The van der Waals surface area contributed by atoms with Crippen molar-refractivity contribution in [3.8, 4) is 0 Å². The van der Waals surface area contributed by atoms with Crippen LogP contribution in [0.5, 0.6) is 0 Å². The first-order chi connectivity index (χ1) is 4.27. The van der Waals surface area contributed by atoms with Gasteiger partial charge >= 0.3 is 16.4 Å². The number of carboxylic acids is 1. The molecule has 8 nitrogen and oxygen atoms in total. The minimum atomic E-state index is -4.67. The van der Waals surface area contributed by atoms with Crippen molar-refractivity contribution in [2.24, 2.45) is 5.73 Å². The van der Waals surface area contributed by atoms with Crippen molar-refractivity contribution in [2.75, 3.05) is 6.54 Å². The Morgan fingerprint density at radius 2 is 1.45 bits per heavy atom. The predicted molar refractivity (Wildman–Crippen MR) is 35.9 cm³/mol. The first kappa shape index (κ1) is 16.7. The van der Waals surface area contributed by atoms with E-state index in [4.69, 9.17) is 22.6 Å². The van der Waals surface area contributed by atoms with E-state index in [2.05, 4.69) is 5.73 Å². The van der Waals surface area contributed by atoms with Crippen molar-refractivity contribution in [1.29, 1.82) is 0 Å². The predicted octanol–water partition coefficient (Wildman–Crippen LogP) is -1.46. The Kier molecular flexibility index (Phi) is 11.2. The van der Waals surface area contributed by atoms with Gasteiger partial charge in [0.2, 0.25) is 0 Å². The van der Waals surface area contributed by atoms with Gasteiger partial charge in [-0.25, -0.2) is 0 Å². The summed E-state index contributed by atoms with van der Waals surface area (Å²) in [5.74, 6) is -0.968. The second kappa shape index (κ2) is 7.37. The summed E-state index contributed by atoms with van der Waals surface area (Å²) in [6.45, 7) is -0.278. The van der Waals surface area contributed by atoms with Crippen LogP contribution in [0.4, 0.5) is 0 Å². The van der Waals surface area contributed by atoms with Crippen molar-refractivity contribution in [3.63, 3.8) is 0 Å². The van der Waals surface area contributed by atoms with Crippen LogP contribution in [0.3, 0.4) is 0 Å². The lowest BCUT2D eigenvalue weighted by Gasteiger charge is -1.73. The van der Waals surface area contributed by atoms with Gasteiger partial charge in [0.1, 0.15) is 0 Å². The third-order valence-corrected chi connectivity index (χ3v) is 0.175. The summed E-state index contributed by atoms with van der Waals surface area (Å²) in [5.41, 5.74) is 4.57. The molecular formula is C2H10N2O6S. The maximum absolute atomic E-state index is 9.24.